The molecule has 4 rings (SSSR count). The largest absolute Gasteiger partial charge is 0.207 e. The second kappa shape index (κ2) is 7.50. The van der Waals surface area contributed by atoms with Gasteiger partial charge in [-0.25, -0.2) is 8.78 Å². The van der Waals surface area contributed by atoms with E-state index in [0.29, 0.717) is 5.92 Å². The molecule has 2 heteroatoms. The van der Waals surface area contributed by atoms with Crippen molar-refractivity contribution in [3.8, 4) is 0 Å². The zero-order chi connectivity index (χ0) is 18.1. The van der Waals surface area contributed by atoms with Crippen LogP contribution in [0.2, 0.25) is 0 Å². The third-order valence-electron chi connectivity index (χ3n) is 6.76. The predicted octanol–water partition coefficient (Wildman–Crippen LogP) is 6.92. The van der Waals surface area contributed by atoms with Crippen LogP contribution in [-0.4, -0.2) is 0 Å². The van der Waals surface area contributed by atoms with Crippen LogP contribution in [0.5, 0.6) is 0 Å². The van der Waals surface area contributed by atoms with Crippen LogP contribution < -0.4 is 0 Å². The van der Waals surface area contributed by atoms with E-state index in [0.717, 1.165) is 36.3 Å². The molecule has 0 nitrogen and oxygen atoms in total. The van der Waals surface area contributed by atoms with E-state index in [2.05, 4.69) is 13.0 Å². The highest BCUT2D eigenvalue weighted by molar-refractivity contribution is 5.36. The van der Waals surface area contributed by atoms with Gasteiger partial charge in [0.25, 0.3) is 0 Å². The summed E-state index contributed by atoms with van der Waals surface area (Å²) in [5.74, 6) is 1.38. The number of hydrogen-bond acceptors (Lipinski definition) is 0. The molecule has 0 aliphatic heterocycles. The van der Waals surface area contributed by atoms with Crippen LogP contribution in [0.1, 0.15) is 79.5 Å². The van der Waals surface area contributed by atoms with Crippen LogP contribution in [0, 0.1) is 17.6 Å². The van der Waals surface area contributed by atoms with E-state index in [1.54, 1.807) is 12.1 Å². The summed E-state index contributed by atoms with van der Waals surface area (Å²) >= 11 is 0. The first-order valence-electron chi connectivity index (χ1n) is 10.2. The van der Waals surface area contributed by atoms with Gasteiger partial charge in [0.05, 0.1) is 0 Å². The van der Waals surface area contributed by atoms with Crippen molar-refractivity contribution >= 4 is 0 Å². The van der Waals surface area contributed by atoms with Gasteiger partial charge in [-0.05, 0) is 103 Å². The Morgan fingerprint density at radius 1 is 0.846 bits per heavy atom. The maximum absolute atomic E-state index is 14.9. The van der Waals surface area contributed by atoms with Crippen molar-refractivity contribution in [2.45, 2.75) is 70.1 Å². The highest BCUT2D eigenvalue weighted by Gasteiger charge is 2.25. The predicted molar refractivity (Wildman–Crippen MR) is 103 cm³/mol. The second-order valence-electron chi connectivity index (χ2n) is 8.26. The van der Waals surface area contributed by atoms with E-state index < -0.39 is 0 Å². The van der Waals surface area contributed by atoms with Gasteiger partial charge in [0, 0.05) is 0 Å². The monoisotopic (exact) mass is 354 g/mol. The number of halogens is 2. The van der Waals surface area contributed by atoms with Crippen molar-refractivity contribution in [3.05, 3.63) is 70.3 Å². The van der Waals surface area contributed by atoms with Crippen molar-refractivity contribution in [1.82, 2.24) is 0 Å². The second-order valence-corrected chi connectivity index (χ2v) is 8.26. The molecule has 26 heavy (non-hydrogen) atoms. The van der Waals surface area contributed by atoms with Crippen LogP contribution in [0.25, 0.3) is 0 Å². The van der Waals surface area contributed by atoms with Crippen molar-refractivity contribution < 1.29 is 8.78 Å². The van der Waals surface area contributed by atoms with Gasteiger partial charge in [-0.3, -0.25) is 0 Å². The first-order valence-corrected chi connectivity index (χ1v) is 10.2. The highest BCUT2D eigenvalue weighted by Crippen LogP contribution is 2.39. The number of benzene rings is 2. The maximum atomic E-state index is 14.9. The molecule has 1 fully saturated rings. The molecule has 2 aliphatic carbocycles. The number of rotatable bonds is 3. The fraction of sp³-hybridized carbons (Fsp3) is 0.500. The molecule has 2 aliphatic rings. The van der Waals surface area contributed by atoms with Crippen LogP contribution in [0.3, 0.4) is 0 Å². The van der Waals surface area contributed by atoms with Crippen LogP contribution >= 0.6 is 0 Å². The zero-order valence-corrected chi connectivity index (χ0v) is 15.6. The Balaban J connectivity index is 1.49. The molecule has 0 bridgehead atoms. The van der Waals surface area contributed by atoms with Crippen molar-refractivity contribution in [2.24, 2.45) is 5.92 Å². The van der Waals surface area contributed by atoms with Crippen molar-refractivity contribution in [3.63, 3.8) is 0 Å². The summed E-state index contributed by atoms with van der Waals surface area (Å²) in [6.45, 7) is 2.27. The fourth-order valence-electron chi connectivity index (χ4n) is 5.02. The summed E-state index contributed by atoms with van der Waals surface area (Å²) in [5, 5.41) is 0. The fourth-order valence-corrected chi connectivity index (χ4v) is 5.02. The molecular weight excluding hydrogens is 326 g/mol. The molecule has 0 heterocycles. The van der Waals surface area contributed by atoms with Gasteiger partial charge in [0.1, 0.15) is 11.6 Å². The van der Waals surface area contributed by atoms with Gasteiger partial charge in [0.15, 0.2) is 0 Å². The lowest BCUT2D eigenvalue weighted by Gasteiger charge is -2.29. The number of aryl methyl sites for hydroxylation is 1. The van der Waals surface area contributed by atoms with Crippen molar-refractivity contribution in [1.29, 1.82) is 0 Å². The van der Waals surface area contributed by atoms with Crippen LogP contribution in [0.4, 0.5) is 8.78 Å². The van der Waals surface area contributed by atoms with E-state index in [4.69, 9.17) is 0 Å². The SMILES string of the molecule is CCC1CCC(c2ccc(C3CCc4cc(F)ccc4C3)c(F)c2)CC1. The molecule has 0 amide bonds. The highest BCUT2D eigenvalue weighted by atomic mass is 19.1. The molecule has 1 atom stereocenters. The third kappa shape index (κ3) is 3.56. The first kappa shape index (κ1) is 17.7. The standard InChI is InChI=1S/C24H28F2/c1-2-16-3-5-17(6-4-16)20-10-12-23(24(26)15-20)21-8-7-19-14-22(25)11-9-18(19)13-21/h9-12,14-17,21H,2-8,13H2,1H3. The normalized spacial score (nSPS) is 25.7. The lowest BCUT2D eigenvalue weighted by molar-refractivity contribution is 0.318. The zero-order valence-electron chi connectivity index (χ0n) is 15.6. The average molecular weight is 354 g/mol. The third-order valence-corrected chi connectivity index (χ3v) is 6.76. The molecule has 0 N–H and O–H groups in total. The van der Waals surface area contributed by atoms with E-state index in [1.165, 1.54) is 49.3 Å². The topological polar surface area (TPSA) is 0 Å². The Hall–Kier alpha value is -1.70. The lowest BCUT2D eigenvalue weighted by atomic mass is 9.76. The van der Waals surface area contributed by atoms with E-state index >= 15 is 0 Å². The summed E-state index contributed by atoms with van der Waals surface area (Å²) in [7, 11) is 0. The Labute approximate surface area is 155 Å². The maximum Gasteiger partial charge on any atom is 0.126 e. The smallest absolute Gasteiger partial charge is 0.126 e. The Morgan fingerprint density at radius 2 is 1.65 bits per heavy atom. The summed E-state index contributed by atoms with van der Waals surface area (Å²) < 4.78 is 28.3. The van der Waals surface area contributed by atoms with Crippen LogP contribution in [0.15, 0.2) is 36.4 Å². The first-order chi connectivity index (χ1) is 12.6. The minimum atomic E-state index is -0.171. The van der Waals surface area contributed by atoms with Gasteiger partial charge in [-0.1, -0.05) is 31.5 Å². The summed E-state index contributed by atoms with van der Waals surface area (Å²) in [6.07, 6.45) is 8.76. The minimum absolute atomic E-state index is 0.0457. The summed E-state index contributed by atoms with van der Waals surface area (Å²) in [4.78, 5) is 0. The molecule has 0 spiro atoms. The van der Waals surface area contributed by atoms with Crippen LogP contribution in [-0.2, 0) is 12.8 Å². The number of hydrogen-bond donors (Lipinski definition) is 0. The van der Waals surface area contributed by atoms with E-state index in [1.807, 2.05) is 12.1 Å². The van der Waals surface area contributed by atoms with Crippen molar-refractivity contribution in [2.75, 3.05) is 0 Å². The molecule has 0 aromatic heterocycles. The Morgan fingerprint density at radius 3 is 2.38 bits per heavy atom. The quantitative estimate of drug-likeness (QED) is 0.561. The summed E-state index contributed by atoms with van der Waals surface area (Å²) in [5.41, 5.74) is 4.28. The molecular formula is C24H28F2. The van der Waals surface area contributed by atoms with Gasteiger partial charge in [-0.15, -0.1) is 0 Å². The summed E-state index contributed by atoms with van der Waals surface area (Å²) in [6, 6.07) is 11.0. The molecule has 0 radical (unpaired) electrons. The lowest BCUT2D eigenvalue weighted by Crippen LogP contribution is -2.15. The van der Waals surface area contributed by atoms with Gasteiger partial charge >= 0.3 is 0 Å². The number of fused-ring (bicyclic) bond motifs is 1. The molecule has 2 aromatic carbocycles. The molecule has 0 saturated heterocycles. The minimum Gasteiger partial charge on any atom is -0.207 e. The van der Waals surface area contributed by atoms with Gasteiger partial charge in [0.2, 0.25) is 0 Å². The molecule has 2 aromatic rings. The van der Waals surface area contributed by atoms with Gasteiger partial charge < -0.3 is 0 Å². The van der Waals surface area contributed by atoms with E-state index in [-0.39, 0.29) is 17.6 Å². The molecule has 1 saturated carbocycles. The molecule has 1 unspecified atom stereocenters. The Kier molecular flexibility index (Phi) is 5.11. The molecule has 138 valence electrons. The Bertz CT molecular complexity index is 772. The van der Waals surface area contributed by atoms with E-state index in [9.17, 15) is 8.78 Å². The van der Waals surface area contributed by atoms with Gasteiger partial charge in [-0.2, -0.15) is 0 Å². The average Bonchev–Trinajstić information content (AvgIpc) is 2.67.